The fraction of sp³-hybridized carbons (Fsp3) is 0.185. The number of alkyl halides is 3. The van der Waals surface area contributed by atoms with Gasteiger partial charge in [-0.1, -0.05) is 52.8 Å². The molecule has 3 aromatic carbocycles. The molecule has 0 fully saturated rings. The van der Waals surface area contributed by atoms with Crippen LogP contribution in [0.4, 0.5) is 24.0 Å². The number of benzene rings is 3. The number of rotatable bonds is 6. The van der Waals surface area contributed by atoms with Crippen LogP contribution < -0.4 is 14.4 Å². The number of aryl methyl sites for hydroxylation is 2. The molecule has 37 heavy (non-hydrogen) atoms. The van der Waals surface area contributed by atoms with E-state index >= 15 is 0 Å². The van der Waals surface area contributed by atoms with E-state index in [1.54, 1.807) is 25.1 Å². The van der Waals surface area contributed by atoms with Crippen molar-refractivity contribution in [1.29, 1.82) is 0 Å². The quantitative estimate of drug-likeness (QED) is 0.245. The number of aromatic nitrogens is 1. The summed E-state index contributed by atoms with van der Waals surface area (Å²) in [6.07, 6.45) is -4.75. The summed E-state index contributed by atoms with van der Waals surface area (Å²) < 4.78 is 52.9. The van der Waals surface area contributed by atoms with Crippen molar-refractivity contribution in [3.8, 4) is 21.9 Å². The molecule has 0 radical (unpaired) electrons. The number of halogens is 4. The van der Waals surface area contributed by atoms with Crippen LogP contribution in [-0.2, 0) is 6.18 Å². The number of nitrogens with zero attached hydrogens (tertiary/aromatic N) is 2. The minimum absolute atomic E-state index is 0.117. The fourth-order valence-electron chi connectivity index (χ4n) is 3.85. The number of hydrogen-bond donors (Lipinski definition) is 0. The standard InChI is InChI=1S/C27H22ClF3N2O3S/c1-15-5-11-20(16(2)13-15)33(25(34)18-8-12-21(35-3)22(14-18)36-4)26-32-24(27(29,30)31)23(37-26)17-6-9-19(28)10-7-17/h5-14H,1-4H3. The fourth-order valence-corrected chi connectivity index (χ4v) is 5.08. The van der Waals surface area contributed by atoms with Gasteiger partial charge in [0, 0.05) is 10.6 Å². The monoisotopic (exact) mass is 546 g/mol. The van der Waals surface area contributed by atoms with Gasteiger partial charge in [-0.25, -0.2) is 4.98 Å². The van der Waals surface area contributed by atoms with Gasteiger partial charge in [0.05, 0.1) is 24.8 Å². The van der Waals surface area contributed by atoms with Crippen LogP contribution in [0.1, 0.15) is 27.2 Å². The Hall–Kier alpha value is -3.56. The third-order valence-corrected chi connectivity index (χ3v) is 6.95. The Morgan fingerprint density at radius 3 is 2.22 bits per heavy atom. The largest absolute Gasteiger partial charge is 0.493 e. The summed E-state index contributed by atoms with van der Waals surface area (Å²) in [6.45, 7) is 3.68. The highest BCUT2D eigenvalue weighted by atomic mass is 35.5. The second-order valence-electron chi connectivity index (χ2n) is 8.18. The van der Waals surface area contributed by atoms with Crippen LogP contribution in [0.5, 0.6) is 11.5 Å². The lowest BCUT2D eigenvalue weighted by Gasteiger charge is -2.23. The first kappa shape index (κ1) is 26.5. The molecular weight excluding hydrogens is 525 g/mol. The smallest absolute Gasteiger partial charge is 0.434 e. The summed E-state index contributed by atoms with van der Waals surface area (Å²) in [7, 11) is 2.90. The normalized spacial score (nSPS) is 11.4. The van der Waals surface area contributed by atoms with Crippen LogP contribution in [0.3, 0.4) is 0 Å². The maximum atomic E-state index is 14.1. The molecule has 1 aromatic heterocycles. The number of carbonyl (C=O) groups excluding carboxylic acids is 1. The summed E-state index contributed by atoms with van der Waals surface area (Å²) in [5, 5.41) is 0.270. The van der Waals surface area contributed by atoms with Gasteiger partial charge in [0.15, 0.2) is 22.3 Å². The molecule has 4 rings (SSSR count). The van der Waals surface area contributed by atoms with Gasteiger partial charge in [0.2, 0.25) is 0 Å². The van der Waals surface area contributed by atoms with E-state index < -0.39 is 17.8 Å². The molecule has 10 heteroatoms. The molecule has 0 aliphatic heterocycles. The molecule has 0 aliphatic carbocycles. The zero-order chi connectivity index (χ0) is 26.9. The first-order valence-corrected chi connectivity index (χ1v) is 12.2. The lowest BCUT2D eigenvalue weighted by molar-refractivity contribution is -0.140. The summed E-state index contributed by atoms with van der Waals surface area (Å²) in [5.41, 5.74) is 1.46. The second kappa shape index (κ2) is 10.4. The third-order valence-electron chi connectivity index (χ3n) is 5.61. The molecule has 0 N–H and O–H groups in total. The number of thiazole rings is 1. The Morgan fingerprint density at radius 1 is 0.946 bits per heavy atom. The maximum absolute atomic E-state index is 14.1. The van der Waals surface area contributed by atoms with E-state index in [-0.39, 0.29) is 15.6 Å². The molecule has 1 amide bonds. The summed E-state index contributed by atoms with van der Waals surface area (Å²) in [4.78, 5) is 18.9. The first-order chi connectivity index (χ1) is 17.5. The van der Waals surface area contributed by atoms with Gasteiger partial charge in [-0.15, -0.1) is 0 Å². The molecule has 5 nitrogen and oxygen atoms in total. The van der Waals surface area contributed by atoms with Crippen molar-refractivity contribution < 1.29 is 27.4 Å². The zero-order valence-corrected chi connectivity index (χ0v) is 21.9. The van der Waals surface area contributed by atoms with E-state index in [9.17, 15) is 18.0 Å². The Labute approximate surface area is 221 Å². The number of methoxy groups -OCH3 is 2. The van der Waals surface area contributed by atoms with Crippen molar-refractivity contribution in [3.63, 3.8) is 0 Å². The van der Waals surface area contributed by atoms with Gasteiger partial charge in [-0.05, 0) is 61.4 Å². The minimum atomic E-state index is -4.75. The topological polar surface area (TPSA) is 51.7 Å². The van der Waals surface area contributed by atoms with E-state index in [1.165, 1.54) is 55.5 Å². The molecule has 4 aromatic rings. The molecule has 0 atom stereocenters. The predicted molar refractivity (Wildman–Crippen MR) is 139 cm³/mol. The molecule has 0 spiro atoms. The van der Waals surface area contributed by atoms with Crippen LogP contribution >= 0.6 is 22.9 Å². The highest BCUT2D eigenvalue weighted by Crippen LogP contribution is 2.45. The van der Waals surface area contributed by atoms with Gasteiger partial charge in [-0.2, -0.15) is 13.2 Å². The number of carbonyl (C=O) groups is 1. The molecular formula is C27H22ClF3N2O3S. The van der Waals surface area contributed by atoms with E-state index in [0.29, 0.717) is 33.3 Å². The van der Waals surface area contributed by atoms with Gasteiger partial charge < -0.3 is 9.47 Å². The SMILES string of the molecule is COc1ccc(C(=O)N(c2nc(C(F)(F)F)c(-c3ccc(Cl)cc3)s2)c2ccc(C)cc2C)cc1OC. The molecule has 192 valence electrons. The van der Waals surface area contributed by atoms with E-state index in [4.69, 9.17) is 21.1 Å². The Morgan fingerprint density at radius 2 is 1.62 bits per heavy atom. The van der Waals surface area contributed by atoms with Gasteiger partial charge in [0.25, 0.3) is 5.91 Å². The molecule has 0 saturated heterocycles. The van der Waals surface area contributed by atoms with Crippen molar-refractivity contribution in [2.75, 3.05) is 19.1 Å². The number of ether oxygens (including phenoxy) is 2. The molecule has 0 unspecified atom stereocenters. The van der Waals surface area contributed by atoms with Crippen molar-refractivity contribution >= 4 is 39.7 Å². The van der Waals surface area contributed by atoms with Crippen LogP contribution in [0.2, 0.25) is 5.02 Å². The Kier molecular flexibility index (Phi) is 7.47. The van der Waals surface area contributed by atoms with E-state index in [1.807, 2.05) is 13.0 Å². The first-order valence-electron chi connectivity index (χ1n) is 11.0. The van der Waals surface area contributed by atoms with Crippen LogP contribution in [0.25, 0.3) is 10.4 Å². The average Bonchev–Trinajstić information content (AvgIpc) is 3.31. The lowest BCUT2D eigenvalue weighted by atomic mass is 10.1. The number of hydrogen-bond acceptors (Lipinski definition) is 5. The van der Waals surface area contributed by atoms with Crippen LogP contribution in [-0.4, -0.2) is 25.1 Å². The van der Waals surface area contributed by atoms with Gasteiger partial charge in [0.1, 0.15) is 0 Å². The highest BCUT2D eigenvalue weighted by molar-refractivity contribution is 7.19. The second-order valence-corrected chi connectivity index (χ2v) is 9.59. The molecule has 0 bridgehead atoms. The molecule has 0 aliphatic rings. The summed E-state index contributed by atoms with van der Waals surface area (Å²) in [6, 6.07) is 15.9. The average molecular weight is 547 g/mol. The Balaban J connectivity index is 1.93. The maximum Gasteiger partial charge on any atom is 0.434 e. The lowest BCUT2D eigenvalue weighted by Crippen LogP contribution is -2.27. The van der Waals surface area contributed by atoms with E-state index in [2.05, 4.69) is 4.98 Å². The van der Waals surface area contributed by atoms with Crippen LogP contribution in [0.15, 0.2) is 60.7 Å². The Bertz CT molecular complexity index is 1450. The minimum Gasteiger partial charge on any atom is -0.493 e. The van der Waals surface area contributed by atoms with Gasteiger partial charge in [-0.3, -0.25) is 9.69 Å². The van der Waals surface area contributed by atoms with Crippen molar-refractivity contribution in [1.82, 2.24) is 4.98 Å². The number of anilines is 2. The predicted octanol–water partition coefficient (Wildman–Crippen LogP) is 8.09. The van der Waals surface area contributed by atoms with Crippen LogP contribution in [0, 0.1) is 13.8 Å². The van der Waals surface area contributed by atoms with Crippen molar-refractivity contribution in [2.24, 2.45) is 0 Å². The molecule has 1 heterocycles. The number of amides is 1. The molecule has 0 saturated carbocycles. The third kappa shape index (κ3) is 5.42. The van der Waals surface area contributed by atoms with Gasteiger partial charge >= 0.3 is 6.18 Å². The van der Waals surface area contributed by atoms with E-state index in [0.717, 1.165) is 16.9 Å². The van der Waals surface area contributed by atoms with Crippen molar-refractivity contribution in [3.05, 3.63) is 88.1 Å². The zero-order valence-electron chi connectivity index (χ0n) is 20.3. The summed E-state index contributed by atoms with van der Waals surface area (Å²) in [5.74, 6) is 0.152. The van der Waals surface area contributed by atoms with Crippen molar-refractivity contribution in [2.45, 2.75) is 20.0 Å². The highest BCUT2D eigenvalue weighted by Gasteiger charge is 2.39. The summed E-state index contributed by atoms with van der Waals surface area (Å²) >= 11 is 6.72.